The van der Waals surface area contributed by atoms with Gasteiger partial charge in [-0.1, -0.05) is 29.8 Å². The van der Waals surface area contributed by atoms with E-state index in [0.717, 1.165) is 11.1 Å². The second-order valence-corrected chi connectivity index (χ2v) is 4.93. The molecule has 2 unspecified atom stereocenters. The molecule has 3 N–H and O–H groups in total. The van der Waals surface area contributed by atoms with Crippen LogP contribution in [0.25, 0.3) is 0 Å². The van der Waals surface area contributed by atoms with Crippen LogP contribution < -0.4 is 11.1 Å². The highest BCUT2D eigenvalue weighted by atomic mass is 35.5. The van der Waals surface area contributed by atoms with E-state index >= 15 is 0 Å². The molecular formula is C15H20ClN3O2. The van der Waals surface area contributed by atoms with E-state index in [1.165, 1.54) is 0 Å². The fourth-order valence-corrected chi connectivity index (χ4v) is 1.86. The zero-order valence-corrected chi connectivity index (χ0v) is 13.1. The van der Waals surface area contributed by atoms with Crippen molar-refractivity contribution in [2.24, 2.45) is 5.73 Å². The van der Waals surface area contributed by atoms with Crippen molar-refractivity contribution in [1.29, 1.82) is 0 Å². The van der Waals surface area contributed by atoms with Crippen molar-refractivity contribution in [3.05, 3.63) is 53.2 Å². The maximum absolute atomic E-state index is 12.1. The number of hydrogen-bond donors (Lipinski definition) is 2. The number of aryl methyl sites for hydroxylation is 2. The number of halogens is 1. The van der Waals surface area contributed by atoms with Gasteiger partial charge in [0, 0.05) is 0 Å². The van der Waals surface area contributed by atoms with Gasteiger partial charge in [0.05, 0.1) is 6.20 Å². The molecule has 2 aromatic rings. The van der Waals surface area contributed by atoms with E-state index in [4.69, 9.17) is 10.2 Å². The van der Waals surface area contributed by atoms with E-state index < -0.39 is 6.04 Å². The van der Waals surface area contributed by atoms with Crippen LogP contribution in [0.1, 0.15) is 41.8 Å². The number of carbonyl (C=O) groups is 1. The Morgan fingerprint density at radius 1 is 1.29 bits per heavy atom. The van der Waals surface area contributed by atoms with E-state index in [2.05, 4.69) is 10.3 Å². The number of aromatic nitrogens is 1. The molecule has 21 heavy (non-hydrogen) atoms. The Kier molecular flexibility index (Phi) is 5.93. The zero-order chi connectivity index (χ0) is 14.7. The summed E-state index contributed by atoms with van der Waals surface area (Å²) in [5.74, 6) is 0.938. The molecule has 114 valence electrons. The molecule has 2 atom stereocenters. The van der Waals surface area contributed by atoms with Gasteiger partial charge >= 0.3 is 0 Å². The average Bonchev–Trinajstić information content (AvgIpc) is 2.85. The van der Waals surface area contributed by atoms with Gasteiger partial charge in [-0.2, -0.15) is 0 Å². The van der Waals surface area contributed by atoms with E-state index in [-0.39, 0.29) is 24.4 Å². The Hall–Kier alpha value is -1.85. The van der Waals surface area contributed by atoms with E-state index in [1.54, 1.807) is 6.20 Å². The highest BCUT2D eigenvalue weighted by Crippen LogP contribution is 2.15. The van der Waals surface area contributed by atoms with E-state index in [0.29, 0.717) is 11.7 Å². The highest BCUT2D eigenvalue weighted by Gasteiger charge is 2.20. The first-order valence-corrected chi connectivity index (χ1v) is 6.52. The van der Waals surface area contributed by atoms with Crippen LogP contribution >= 0.6 is 12.4 Å². The maximum atomic E-state index is 12.1. The molecule has 0 aliphatic rings. The van der Waals surface area contributed by atoms with Crippen LogP contribution in [0.3, 0.4) is 0 Å². The summed E-state index contributed by atoms with van der Waals surface area (Å²) >= 11 is 0. The second kappa shape index (κ2) is 7.24. The first kappa shape index (κ1) is 17.2. The van der Waals surface area contributed by atoms with Crippen LogP contribution in [0.15, 0.2) is 34.9 Å². The summed E-state index contributed by atoms with van der Waals surface area (Å²) in [6, 6.07) is 6.58. The van der Waals surface area contributed by atoms with Crippen molar-refractivity contribution >= 4 is 18.3 Å². The lowest BCUT2D eigenvalue weighted by Gasteiger charge is -2.16. The predicted octanol–water partition coefficient (Wildman–Crippen LogP) is 2.59. The molecule has 1 aromatic carbocycles. The van der Waals surface area contributed by atoms with Gasteiger partial charge in [0.1, 0.15) is 17.8 Å². The lowest BCUT2D eigenvalue weighted by Crippen LogP contribution is -2.35. The van der Waals surface area contributed by atoms with Gasteiger partial charge in [0.2, 0.25) is 11.8 Å². The Labute approximate surface area is 130 Å². The molecule has 0 fully saturated rings. The molecule has 2 rings (SSSR count). The summed E-state index contributed by atoms with van der Waals surface area (Å²) in [7, 11) is 0. The summed E-state index contributed by atoms with van der Waals surface area (Å²) in [5, 5.41) is 2.80. The fourth-order valence-electron chi connectivity index (χ4n) is 1.86. The standard InChI is InChI=1S/C15H19N3O2.ClH/c1-9-4-6-12(7-5-9)13(16)14(19)18-11(3)15-17-8-10(2)20-15;/h4-8,11,13H,16H2,1-3H3,(H,18,19);1H. The minimum absolute atomic E-state index is 0. The van der Waals surface area contributed by atoms with E-state index in [1.807, 2.05) is 45.0 Å². The topological polar surface area (TPSA) is 81.2 Å². The third kappa shape index (κ3) is 4.31. The van der Waals surface area contributed by atoms with Gasteiger partial charge in [-0.15, -0.1) is 12.4 Å². The molecule has 1 amide bonds. The van der Waals surface area contributed by atoms with Crippen LogP contribution in [-0.4, -0.2) is 10.9 Å². The first-order chi connectivity index (χ1) is 9.47. The normalized spacial score (nSPS) is 13.1. The van der Waals surface area contributed by atoms with Crippen molar-refractivity contribution in [2.45, 2.75) is 32.9 Å². The summed E-state index contributed by atoms with van der Waals surface area (Å²) in [6.07, 6.45) is 1.62. The average molecular weight is 310 g/mol. The van der Waals surface area contributed by atoms with Crippen molar-refractivity contribution < 1.29 is 9.21 Å². The number of carbonyl (C=O) groups excluding carboxylic acids is 1. The Morgan fingerprint density at radius 2 is 1.90 bits per heavy atom. The fraction of sp³-hybridized carbons (Fsp3) is 0.333. The molecule has 1 aromatic heterocycles. The van der Waals surface area contributed by atoms with Crippen molar-refractivity contribution in [1.82, 2.24) is 10.3 Å². The second-order valence-electron chi connectivity index (χ2n) is 4.93. The number of amides is 1. The molecule has 6 heteroatoms. The molecule has 0 aliphatic heterocycles. The number of rotatable bonds is 4. The predicted molar refractivity (Wildman–Crippen MR) is 83.2 cm³/mol. The van der Waals surface area contributed by atoms with Crippen molar-refractivity contribution in [3.63, 3.8) is 0 Å². The smallest absolute Gasteiger partial charge is 0.242 e. The van der Waals surface area contributed by atoms with Crippen molar-refractivity contribution in [3.8, 4) is 0 Å². The lowest BCUT2D eigenvalue weighted by molar-refractivity contribution is -0.123. The molecule has 0 spiro atoms. The number of nitrogens with two attached hydrogens (primary N) is 1. The molecule has 0 aliphatic carbocycles. The molecular weight excluding hydrogens is 290 g/mol. The van der Waals surface area contributed by atoms with Crippen LogP contribution in [0.5, 0.6) is 0 Å². The zero-order valence-electron chi connectivity index (χ0n) is 12.3. The third-order valence-electron chi connectivity index (χ3n) is 3.09. The summed E-state index contributed by atoms with van der Waals surface area (Å²) < 4.78 is 5.38. The van der Waals surface area contributed by atoms with Crippen molar-refractivity contribution in [2.75, 3.05) is 0 Å². The highest BCUT2D eigenvalue weighted by molar-refractivity contribution is 5.85. The van der Waals surface area contributed by atoms with E-state index in [9.17, 15) is 4.79 Å². The van der Waals surface area contributed by atoms with Gasteiger partial charge in [-0.05, 0) is 26.3 Å². The van der Waals surface area contributed by atoms with Crippen LogP contribution in [0.2, 0.25) is 0 Å². The molecule has 0 radical (unpaired) electrons. The van der Waals surface area contributed by atoms with Gasteiger partial charge in [0.15, 0.2) is 0 Å². The number of oxazole rings is 1. The van der Waals surface area contributed by atoms with Crippen LogP contribution in [0.4, 0.5) is 0 Å². The Balaban J connectivity index is 0.00000220. The lowest BCUT2D eigenvalue weighted by atomic mass is 10.1. The number of benzene rings is 1. The largest absolute Gasteiger partial charge is 0.444 e. The summed E-state index contributed by atoms with van der Waals surface area (Å²) in [5.41, 5.74) is 7.87. The minimum Gasteiger partial charge on any atom is -0.444 e. The molecule has 5 nitrogen and oxygen atoms in total. The third-order valence-corrected chi connectivity index (χ3v) is 3.09. The first-order valence-electron chi connectivity index (χ1n) is 6.52. The van der Waals surface area contributed by atoms with Gasteiger partial charge in [-0.3, -0.25) is 4.79 Å². The number of hydrogen-bond acceptors (Lipinski definition) is 4. The monoisotopic (exact) mass is 309 g/mol. The SMILES string of the molecule is Cc1ccc(C(N)C(=O)NC(C)c2ncc(C)o2)cc1.Cl. The maximum Gasteiger partial charge on any atom is 0.242 e. The summed E-state index contributed by atoms with van der Waals surface area (Å²) in [4.78, 5) is 16.2. The van der Waals surface area contributed by atoms with Gasteiger partial charge in [0.25, 0.3) is 0 Å². The Bertz CT molecular complexity index is 595. The number of nitrogens with zero attached hydrogens (tertiary/aromatic N) is 1. The van der Waals surface area contributed by atoms with Crippen LogP contribution in [-0.2, 0) is 4.79 Å². The molecule has 0 saturated carbocycles. The van der Waals surface area contributed by atoms with Crippen LogP contribution in [0, 0.1) is 13.8 Å². The minimum atomic E-state index is -0.700. The van der Waals surface area contributed by atoms with Gasteiger partial charge < -0.3 is 15.5 Å². The quantitative estimate of drug-likeness (QED) is 0.909. The molecule has 0 bridgehead atoms. The number of nitrogens with one attached hydrogen (secondary N) is 1. The van der Waals surface area contributed by atoms with Gasteiger partial charge in [-0.25, -0.2) is 4.98 Å². The Morgan fingerprint density at radius 3 is 2.43 bits per heavy atom. The molecule has 0 saturated heterocycles. The molecule has 1 heterocycles. The summed E-state index contributed by atoms with van der Waals surface area (Å²) in [6.45, 7) is 5.61.